The molecule has 124 valence electrons. The topological polar surface area (TPSA) is 24.5 Å². The predicted molar refractivity (Wildman–Crippen MR) is 89.7 cm³/mol. The average molecular weight is 296 g/mol. The molecule has 0 radical (unpaired) electrons. The lowest BCUT2D eigenvalue weighted by atomic mass is 9.77. The number of nitrogens with zero attached hydrogens (tertiary/aromatic N) is 1. The fourth-order valence-electron chi connectivity index (χ4n) is 4.63. The Morgan fingerprint density at radius 2 is 1.71 bits per heavy atom. The van der Waals surface area contributed by atoms with Crippen LogP contribution in [0.25, 0.3) is 0 Å². The predicted octanol–water partition coefficient (Wildman–Crippen LogP) is 3.44. The average Bonchev–Trinajstić information content (AvgIpc) is 3.05. The maximum absolute atomic E-state index is 5.55. The normalized spacial score (nSPS) is 23.6. The summed E-state index contributed by atoms with van der Waals surface area (Å²) in [5.41, 5.74) is 0.366. The van der Waals surface area contributed by atoms with Crippen molar-refractivity contribution in [1.82, 2.24) is 10.2 Å². The Hall–Kier alpha value is -0.120. The van der Waals surface area contributed by atoms with Crippen LogP contribution in [0.15, 0.2) is 0 Å². The first-order chi connectivity index (χ1) is 10.3. The van der Waals surface area contributed by atoms with Gasteiger partial charge in [0.1, 0.15) is 0 Å². The van der Waals surface area contributed by atoms with E-state index in [4.69, 9.17) is 4.74 Å². The van der Waals surface area contributed by atoms with Gasteiger partial charge in [0.05, 0.1) is 0 Å². The van der Waals surface area contributed by atoms with Crippen LogP contribution in [0.1, 0.15) is 65.7 Å². The molecule has 2 aliphatic rings. The molecule has 0 aromatic carbocycles. The van der Waals surface area contributed by atoms with Crippen LogP contribution in [0.4, 0.5) is 0 Å². The Kier molecular flexibility index (Phi) is 6.97. The van der Waals surface area contributed by atoms with Crippen LogP contribution in [0, 0.1) is 5.92 Å². The number of ether oxygens (including phenoxy) is 1. The van der Waals surface area contributed by atoms with Gasteiger partial charge >= 0.3 is 0 Å². The highest BCUT2D eigenvalue weighted by Crippen LogP contribution is 2.35. The molecule has 0 bridgehead atoms. The molecule has 2 aliphatic heterocycles. The van der Waals surface area contributed by atoms with Crippen LogP contribution in [0.5, 0.6) is 0 Å². The van der Waals surface area contributed by atoms with Gasteiger partial charge in [-0.3, -0.25) is 4.90 Å². The summed E-state index contributed by atoms with van der Waals surface area (Å²) in [5, 5.41) is 3.87. The van der Waals surface area contributed by atoms with Gasteiger partial charge in [0.25, 0.3) is 0 Å². The fourth-order valence-corrected chi connectivity index (χ4v) is 4.63. The van der Waals surface area contributed by atoms with Crippen molar-refractivity contribution in [1.29, 1.82) is 0 Å². The molecule has 2 heterocycles. The second kappa shape index (κ2) is 8.50. The first-order valence-corrected chi connectivity index (χ1v) is 9.33. The SMILES string of the molecule is CCNC(CC1CCOCC1)C(CC)(CC)N1CCCC1. The van der Waals surface area contributed by atoms with E-state index in [1.807, 2.05) is 0 Å². The third-order valence-corrected chi connectivity index (χ3v) is 5.97. The van der Waals surface area contributed by atoms with Crippen molar-refractivity contribution in [2.24, 2.45) is 5.92 Å². The molecule has 3 nitrogen and oxygen atoms in total. The summed E-state index contributed by atoms with van der Waals surface area (Å²) < 4.78 is 5.55. The van der Waals surface area contributed by atoms with E-state index >= 15 is 0 Å². The van der Waals surface area contributed by atoms with Gasteiger partial charge < -0.3 is 10.1 Å². The number of likely N-dealkylation sites (N-methyl/N-ethyl adjacent to an activating group) is 1. The van der Waals surface area contributed by atoms with Crippen molar-refractivity contribution < 1.29 is 4.74 Å². The molecule has 2 rings (SSSR count). The zero-order chi connectivity index (χ0) is 15.1. The molecule has 2 saturated heterocycles. The molecule has 3 heteroatoms. The molecule has 1 N–H and O–H groups in total. The van der Waals surface area contributed by atoms with E-state index in [2.05, 4.69) is 31.0 Å². The van der Waals surface area contributed by atoms with Crippen LogP contribution < -0.4 is 5.32 Å². The van der Waals surface area contributed by atoms with Gasteiger partial charge in [-0.1, -0.05) is 20.8 Å². The van der Waals surface area contributed by atoms with E-state index in [-0.39, 0.29) is 0 Å². The highest BCUT2D eigenvalue weighted by molar-refractivity contribution is 5.01. The van der Waals surface area contributed by atoms with Crippen LogP contribution >= 0.6 is 0 Å². The summed E-state index contributed by atoms with van der Waals surface area (Å²) in [7, 11) is 0. The van der Waals surface area contributed by atoms with Gasteiger partial charge in [0.2, 0.25) is 0 Å². The van der Waals surface area contributed by atoms with Crippen LogP contribution in [-0.2, 0) is 4.74 Å². The van der Waals surface area contributed by atoms with Gasteiger partial charge in [-0.15, -0.1) is 0 Å². The largest absolute Gasteiger partial charge is 0.381 e. The third-order valence-electron chi connectivity index (χ3n) is 5.97. The lowest BCUT2D eigenvalue weighted by Gasteiger charge is -2.48. The lowest BCUT2D eigenvalue weighted by molar-refractivity contribution is 0.0264. The van der Waals surface area contributed by atoms with E-state index in [1.54, 1.807) is 0 Å². The van der Waals surface area contributed by atoms with Crippen molar-refractivity contribution in [3.05, 3.63) is 0 Å². The fraction of sp³-hybridized carbons (Fsp3) is 1.00. The maximum atomic E-state index is 5.55. The van der Waals surface area contributed by atoms with E-state index in [9.17, 15) is 0 Å². The van der Waals surface area contributed by atoms with Crippen molar-refractivity contribution in [3.63, 3.8) is 0 Å². The van der Waals surface area contributed by atoms with E-state index < -0.39 is 0 Å². The summed E-state index contributed by atoms with van der Waals surface area (Å²) in [4.78, 5) is 2.81. The summed E-state index contributed by atoms with van der Waals surface area (Å²) >= 11 is 0. The summed E-state index contributed by atoms with van der Waals surface area (Å²) in [5.74, 6) is 0.850. The Bertz CT molecular complexity index is 279. The van der Waals surface area contributed by atoms with Gasteiger partial charge in [0, 0.05) is 24.8 Å². The van der Waals surface area contributed by atoms with Crippen LogP contribution in [-0.4, -0.2) is 49.3 Å². The summed E-state index contributed by atoms with van der Waals surface area (Å²) in [6.45, 7) is 12.7. The molecule has 0 amide bonds. The molecule has 0 aromatic rings. The molecule has 1 unspecified atom stereocenters. The molecule has 0 aromatic heterocycles. The molecule has 2 fully saturated rings. The second-order valence-electron chi connectivity index (χ2n) is 6.91. The van der Waals surface area contributed by atoms with Crippen molar-refractivity contribution in [2.45, 2.75) is 77.3 Å². The van der Waals surface area contributed by atoms with Crippen molar-refractivity contribution >= 4 is 0 Å². The molecular formula is C18H36N2O. The van der Waals surface area contributed by atoms with Gasteiger partial charge in [-0.25, -0.2) is 0 Å². The molecule has 1 atom stereocenters. The Labute approximate surface area is 131 Å². The maximum Gasteiger partial charge on any atom is 0.0468 e. The Balaban J connectivity index is 2.10. The zero-order valence-electron chi connectivity index (χ0n) is 14.5. The summed E-state index contributed by atoms with van der Waals surface area (Å²) in [6.07, 6.45) is 9.15. The monoisotopic (exact) mass is 296 g/mol. The Morgan fingerprint density at radius 1 is 1.10 bits per heavy atom. The second-order valence-corrected chi connectivity index (χ2v) is 6.91. The number of nitrogens with one attached hydrogen (secondary N) is 1. The summed E-state index contributed by atoms with van der Waals surface area (Å²) in [6, 6.07) is 0.638. The molecular weight excluding hydrogens is 260 g/mol. The Morgan fingerprint density at radius 3 is 2.24 bits per heavy atom. The van der Waals surface area contributed by atoms with E-state index in [0.29, 0.717) is 11.6 Å². The minimum Gasteiger partial charge on any atom is -0.381 e. The lowest BCUT2D eigenvalue weighted by Crippen LogP contribution is -2.60. The van der Waals surface area contributed by atoms with E-state index in [1.165, 1.54) is 58.0 Å². The molecule has 0 aliphatic carbocycles. The van der Waals surface area contributed by atoms with Crippen LogP contribution in [0.2, 0.25) is 0 Å². The number of rotatable bonds is 8. The van der Waals surface area contributed by atoms with E-state index in [0.717, 1.165) is 25.7 Å². The zero-order valence-corrected chi connectivity index (χ0v) is 14.5. The van der Waals surface area contributed by atoms with Gasteiger partial charge in [-0.05, 0) is 70.5 Å². The first kappa shape index (κ1) is 17.2. The standard InChI is InChI=1S/C18H36N2O/c1-4-18(5-2,20-11-7-8-12-20)17(19-6-3)15-16-9-13-21-14-10-16/h16-17,19H,4-15H2,1-3H3. The van der Waals surface area contributed by atoms with Crippen molar-refractivity contribution in [3.8, 4) is 0 Å². The van der Waals surface area contributed by atoms with Gasteiger partial charge in [-0.2, -0.15) is 0 Å². The number of hydrogen-bond donors (Lipinski definition) is 1. The quantitative estimate of drug-likeness (QED) is 0.742. The van der Waals surface area contributed by atoms with Gasteiger partial charge in [0.15, 0.2) is 0 Å². The minimum atomic E-state index is 0.366. The molecule has 0 spiro atoms. The first-order valence-electron chi connectivity index (χ1n) is 9.33. The smallest absolute Gasteiger partial charge is 0.0468 e. The molecule has 21 heavy (non-hydrogen) atoms. The molecule has 0 saturated carbocycles. The minimum absolute atomic E-state index is 0.366. The van der Waals surface area contributed by atoms with Crippen LogP contribution in [0.3, 0.4) is 0 Å². The highest BCUT2D eigenvalue weighted by Gasteiger charge is 2.42. The third kappa shape index (κ3) is 4.00. The van der Waals surface area contributed by atoms with Crippen molar-refractivity contribution in [2.75, 3.05) is 32.8 Å². The number of likely N-dealkylation sites (tertiary alicyclic amines) is 1. The number of hydrogen-bond acceptors (Lipinski definition) is 3. The highest BCUT2D eigenvalue weighted by atomic mass is 16.5.